The zero-order valence-corrected chi connectivity index (χ0v) is 14.4. The maximum atomic E-state index is 12.7. The molecule has 1 aliphatic rings. The van der Waals surface area contributed by atoms with Crippen molar-refractivity contribution in [1.82, 2.24) is 19.7 Å². The third-order valence-electron chi connectivity index (χ3n) is 4.07. The second-order valence-corrected chi connectivity index (χ2v) is 7.07. The lowest BCUT2D eigenvalue weighted by atomic mass is 10.1. The Labute approximate surface area is 141 Å². The molecular weight excluding hydrogens is 308 g/mol. The molecule has 0 bridgehead atoms. The van der Waals surface area contributed by atoms with Crippen molar-refractivity contribution in [3.63, 3.8) is 0 Å². The number of rotatable bonds is 4. The number of benzene rings is 1. The Morgan fingerprint density at radius 2 is 1.96 bits per heavy atom. The molecule has 1 aliphatic heterocycles. The number of nitrogens with zero attached hydrogens (tertiary/aromatic N) is 4. The molecule has 0 aliphatic carbocycles. The van der Waals surface area contributed by atoms with Gasteiger partial charge in [-0.15, -0.1) is 10.2 Å². The zero-order valence-electron chi connectivity index (χ0n) is 13.6. The van der Waals surface area contributed by atoms with Crippen LogP contribution in [0.5, 0.6) is 0 Å². The smallest absolute Gasteiger partial charge is 0.240 e. The second kappa shape index (κ2) is 7.17. The number of fused-ring (bicyclic) bond motifs is 1. The van der Waals surface area contributed by atoms with Gasteiger partial charge < -0.3 is 9.47 Å². The quantitative estimate of drug-likeness (QED) is 0.809. The predicted octanol–water partition coefficient (Wildman–Crippen LogP) is 2.93. The van der Waals surface area contributed by atoms with Gasteiger partial charge in [0.15, 0.2) is 5.16 Å². The van der Waals surface area contributed by atoms with E-state index in [4.69, 9.17) is 0 Å². The molecule has 2 heterocycles. The average molecular weight is 330 g/mol. The van der Waals surface area contributed by atoms with Crippen LogP contribution in [0.15, 0.2) is 35.5 Å². The first kappa shape index (κ1) is 16.1. The van der Waals surface area contributed by atoms with Crippen LogP contribution in [0.4, 0.5) is 0 Å². The summed E-state index contributed by atoms with van der Waals surface area (Å²) in [7, 11) is 3.59. The minimum absolute atomic E-state index is 0.0761. The first-order valence-corrected chi connectivity index (χ1v) is 8.89. The van der Waals surface area contributed by atoms with Crippen molar-refractivity contribution in [2.24, 2.45) is 0 Å². The molecule has 0 saturated carbocycles. The maximum Gasteiger partial charge on any atom is 0.240 e. The van der Waals surface area contributed by atoms with E-state index in [0.29, 0.717) is 0 Å². The minimum atomic E-state index is -0.289. The van der Waals surface area contributed by atoms with Crippen molar-refractivity contribution in [2.75, 3.05) is 14.1 Å². The molecule has 3 rings (SSSR count). The van der Waals surface area contributed by atoms with E-state index in [0.717, 1.165) is 35.9 Å². The molecule has 0 fully saturated rings. The van der Waals surface area contributed by atoms with Crippen molar-refractivity contribution in [3.05, 3.63) is 41.7 Å². The fourth-order valence-corrected chi connectivity index (χ4v) is 4.00. The van der Waals surface area contributed by atoms with Crippen LogP contribution in [0.3, 0.4) is 0 Å². The fourth-order valence-electron chi connectivity index (χ4n) is 2.77. The number of thioether (sulfide) groups is 1. The van der Waals surface area contributed by atoms with Crippen molar-refractivity contribution < 1.29 is 4.79 Å². The van der Waals surface area contributed by atoms with E-state index in [1.165, 1.54) is 24.6 Å². The van der Waals surface area contributed by atoms with Gasteiger partial charge in [0.25, 0.3) is 0 Å². The molecule has 0 spiro atoms. The van der Waals surface area contributed by atoms with E-state index in [1.807, 2.05) is 30.3 Å². The lowest BCUT2D eigenvalue weighted by Gasteiger charge is -2.20. The number of likely N-dealkylation sites (N-methyl/N-ethyl adjacent to an activating group) is 1. The highest BCUT2D eigenvalue weighted by Gasteiger charge is 2.27. The van der Waals surface area contributed by atoms with Gasteiger partial charge >= 0.3 is 0 Å². The molecule has 1 amide bonds. The number of amides is 1. The summed E-state index contributed by atoms with van der Waals surface area (Å²) in [5, 5.41) is 9.25. The highest BCUT2D eigenvalue weighted by Crippen LogP contribution is 2.36. The summed E-state index contributed by atoms with van der Waals surface area (Å²) in [6.07, 6.45) is 4.52. The Bertz CT molecular complexity index is 668. The summed E-state index contributed by atoms with van der Waals surface area (Å²) in [5.74, 6) is 1.13. The van der Waals surface area contributed by atoms with Crippen LogP contribution in [-0.4, -0.2) is 39.7 Å². The first-order chi connectivity index (χ1) is 11.2. The van der Waals surface area contributed by atoms with Crippen molar-refractivity contribution in [1.29, 1.82) is 0 Å². The van der Waals surface area contributed by atoms with Gasteiger partial charge in [0.1, 0.15) is 11.1 Å². The summed E-state index contributed by atoms with van der Waals surface area (Å²) in [6.45, 7) is 0.947. The molecular formula is C17H22N4OS. The van der Waals surface area contributed by atoms with Crippen LogP contribution in [0.2, 0.25) is 0 Å². The average Bonchev–Trinajstić information content (AvgIpc) is 2.79. The first-order valence-electron chi connectivity index (χ1n) is 8.01. The van der Waals surface area contributed by atoms with Crippen LogP contribution in [0.25, 0.3) is 0 Å². The summed E-state index contributed by atoms with van der Waals surface area (Å²) >= 11 is 1.51. The topological polar surface area (TPSA) is 51.0 Å². The number of hydrogen-bond donors (Lipinski definition) is 0. The lowest BCUT2D eigenvalue weighted by Crippen LogP contribution is -2.27. The number of hydrogen-bond acceptors (Lipinski definition) is 4. The largest absolute Gasteiger partial charge is 0.348 e. The van der Waals surface area contributed by atoms with Gasteiger partial charge in [0, 0.05) is 27.1 Å². The summed E-state index contributed by atoms with van der Waals surface area (Å²) in [4.78, 5) is 14.3. The normalized spacial score (nSPS) is 15.6. The van der Waals surface area contributed by atoms with E-state index in [2.05, 4.69) is 14.8 Å². The molecule has 2 aromatic rings. The van der Waals surface area contributed by atoms with Crippen molar-refractivity contribution in [2.45, 2.75) is 42.6 Å². The molecule has 1 atom stereocenters. The molecule has 122 valence electrons. The van der Waals surface area contributed by atoms with Gasteiger partial charge in [-0.2, -0.15) is 0 Å². The molecule has 23 heavy (non-hydrogen) atoms. The zero-order chi connectivity index (χ0) is 16.2. The van der Waals surface area contributed by atoms with E-state index in [9.17, 15) is 4.79 Å². The van der Waals surface area contributed by atoms with Gasteiger partial charge in [-0.3, -0.25) is 4.79 Å². The summed E-state index contributed by atoms with van der Waals surface area (Å²) < 4.78 is 2.19. The Balaban J connectivity index is 1.90. The standard InChI is InChI=1S/C17H22N4OS/c1-20(2)16(22)15(13-9-5-3-6-10-13)23-17-19-18-14-11-7-4-8-12-21(14)17/h3,5-6,9-10,15H,4,7-8,11-12H2,1-2H3. The Morgan fingerprint density at radius 1 is 1.17 bits per heavy atom. The van der Waals surface area contributed by atoms with Crippen LogP contribution in [-0.2, 0) is 17.8 Å². The fraction of sp³-hybridized carbons (Fsp3) is 0.471. The summed E-state index contributed by atoms with van der Waals surface area (Å²) in [6, 6.07) is 9.90. The number of carbonyl (C=O) groups excluding carboxylic acids is 1. The van der Waals surface area contributed by atoms with Crippen molar-refractivity contribution in [3.8, 4) is 0 Å². The third-order valence-corrected chi connectivity index (χ3v) is 5.29. The van der Waals surface area contributed by atoms with E-state index < -0.39 is 0 Å². The van der Waals surface area contributed by atoms with Gasteiger partial charge in [0.2, 0.25) is 5.91 Å². The van der Waals surface area contributed by atoms with Crippen molar-refractivity contribution >= 4 is 17.7 Å². The Morgan fingerprint density at radius 3 is 2.70 bits per heavy atom. The summed E-state index contributed by atoms with van der Waals surface area (Å²) in [5.41, 5.74) is 1.00. The molecule has 1 aromatic heterocycles. The van der Waals surface area contributed by atoms with Crippen LogP contribution >= 0.6 is 11.8 Å². The molecule has 0 N–H and O–H groups in total. The van der Waals surface area contributed by atoms with Gasteiger partial charge in [0.05, 0.1) is 0 Å². The predicted molar refractivity (Wildman–Crippen MR) is 91.3 cm³/mol. The van der Waals surface area contributed by atoms with Crippen LogP contribution in [0, 0.1) is 0 Å². The van der Waals surface area contributed by atoms with Gasteiger partial charge in [-0.05, 0) is 18.4 Å². The Hall–Kier alpha value is -1.82. The monoisotopic (exact) mass is 330 g/mol. The third kappa shape index (κ3) is 3.58. The van der Waals surface area contributed by atoms with E-state index >= 15 is 0 Å². The Kier molecular flexibility index (Phi) is 5.00. The van der Waals surface area contributed by atoms with E-state index in [1.54, 1.807) is 19.0 Å². The maximum absolute atomic E-state index is 12.7. The molecule has 6 heteroatoms. The second-order valence-electron chi connectivity index (χ2n) is 6.00. The van der Waals surface area contributed by atoms with Crippen LogP contribution < -0.4 is 0 Å². The van der Waals surface area contributed by atoms with Gasteiger partial charge in [-0.25, -0.2) is 0 Å². The molecule has 5 nitrogen and oxygen atoms in total. The molecule has 1 unspecified atom stereocenters. The highest BCUT2D eigenvalue weighted by molar-refractivity contribution is 8.00. The van der Waals surface area contributed by atoms with Gasteiger partial charge in [-0.1, -0.05) is 48.5 Å². The molecule has 0 saturated heterocycles. The number of aryl methyl sites for hydroxylation is 1. The molecule has 1 aromatic carbocycles. The highest BCUT2D eigenvalue weighted by atomic mass is 32.2. The van der Waals surface area contributed by atoms with E-state index in [-0.39, 0.29) is 11.2 Å². The lowest BCUT2D eigenvalue weighted by molar-refractivity contribution is -0.128. The number of carbonyl (C=O) groups is 1. The molecule has 0 radical (unpaired) electrons. The SMILES string of the molecule is CN(C)C(=O)C(Sc1nnc2n1CCCCC2)c1ccccc1. The minimum Gasteiger partial charge on any atom is -0.348 e. The van der Waals surface area contributed by atoms with Crippen LogP contribution in [0.1, 0.15) is 35.9 Å². The number of aromatic nitrogens is 3.